The van der Waals surface area contributed by atoms with Gasteiger partial charge in [0, 0.05) is 18.8 Å². The molecule has 1 aromatic carbocycles. The Kier molecular flexibility index (Phi) is 3.49. The highest BCUT2D eigenvalue weighted by Gasteiger charge is 2.33. The van der Waals surface area contributed by atoms with E-state index >= 15 is 0 Å². The van der Waals surface area contributed by atoms with Crippen molar-refractivity contribution in [2.24, 2.45) is 0 Å². The molecule has 0 N–H and O–H groups in total. The van der Waals surface area contributed by atoms with Crippen molar-refractivity contribution in [2.45, 2.75) is 25.7 Å². The Labute approximate surface area is 139 Å². The zero-order valence-corrected chi connectivity index (χ0v) is 13.7. The molecule has 1 aliphatic rings. The van der Waals surface area contributed by atoms with E-state index in [2.05, 4.69) is 5.10 Å². The first-order valence-electron chi connectivity index (χ1n) is 7.97. The minimum Gasteiger partial charge on any atom is -0.497 e. The number of rotatable bonds is 3. The molecule has 0 saturated heterocycles. The summed E-state index contributed by atoms with van der Waals surface area (Å²) < 4.78 is 12.6. The molecule has 2 aromatic heterocycles. The number of benzene rings is 1. The fourth-order valence-corrected chi connectivity index (χ4v) is 3.42. The van der Waals surface area contributed by atoms with Gasteiger partial charge in [0.05, 0.1) is 36.0 Å². The van der Waals surface area contributed by atoms with Gasteiger partial charge in [0.2, 0.25) is 0 Å². The van der Waals surface area contributed by atoms with Crippen LogP contribution in [0, 0.1) is 6.92 Å². The third-order valence-corrected chi connectivity index (χ3v) is 4.57. The minimum atomic E-state index is 0.0631. The summed E-state index contributed by atoms with van der Waals surface area (Å²) in [6.45, 7) is 1.89. The van der Waals surface area contributed by atoms with Crippen LogP contribution in [0.5, 0.6) is 5.75 Å². The highest BCUT2D eigenvalue weighted by molar-refractivity contribution is 6.00. The number of ketones is 1. The molecular weight excluding hydrogens is 304 g/mol. The number of fused-ring (bicyclic) bond motifs is 1. The molecule has 0 saturated carbocycles. The molecule has 0 fully saturated rings. The van der Waals surface area contributed by atoms with Crippen molar-refractivity contribution in [3.8, 4) is 11.4 Å². The summed E-state index contributed by atoms with van der Waals surface area (Å²) in [5.41, 5.74) is 3.42. The number of hydrogen-bond donors (Lipinski definition) is 0. The van der Waals surface area contributed by atoms with Gasteiger partial charge in [-0.1, -0.05) is 0 Å². The number of aryl methyl sites for hydroxylation is 1. The molecule has 4 rings (SSSR count). The average molecular weight is 322 g/mol. The predicted octanol–water partition coefficient (Wildman–Crippen LogP) is 3.70. The first-order chi connectivity index (χ1) is 11.7. The van der Waals surface area contributed by atoms with Crippen molar-refractivity contribution >= 4 is 5.78 Å². The Morgan fingerprint density at radius 3 is 2.67 bits per heavy atom. The van der Waals surface area contributed by atoms with Gasteiger partial charge < -0.3 is 9.15 Å². The Hall–Kier alpha value is -2.82. The molecule has 1 aliphatic carbocycles. The van der Waals surface area contributed by atoms with Gasteiger partial charge in [-0.05, 0) is 43.3 Å². The molecule has 0 amide bonds. The first-order valence-corrected chi connectivity index (χ1v) is 7.97. The highest BCUT2D eigenvalue weighted by Crippen LogP contribution is 2.35. The summed E-state index contributed by atoms with van der Waals surface area (Å²) in [6.07, 6.45) is 2.86. The second-order valence-corrected chi connectivity index (χ2v) is 6.06. The summed E-state index contributed by atoms with van der Waals surface area (Å²) >= 11 is 0. The zero-order chi connectivity index (χ0) is 16.7. The fraction of sp³-hybridized carbons (Fsp3) is 0.263. The summed E-state index contributed by atoms with van der Waals surface area (Å²) in [5.74, 6) is 1.85. The van der Waals surface area contributed by atoms with E-state index in [0.717, 1.165) is 40.6 Å². The molecule has 0 bridgehead atoms. The SMILES string of the molecule is COc1ccc(-n2nc(C)c3c2C[C@@H](c2ccco2)CC3=O)cc1. The fourth-order valence-electron chi connectivity index (χ4n) is 3.42. The van der Waals surface area contributed by atoms with E-state index in [1.54, 1.807) is 13.4 Å². The van der Waals surface area contributed by atoms with Crippen molar-refractivity contribution in [2.75, 3.05) is 7.11 Å². The lowest BCUT2D eigenvalue weighted by atomic mass is 9.84. The summed E-state index contributed by atoms with van der Waals surface area (Å²) in [5, 5.41) is 4.61. The van der Waals surface area contributed by atoms with E-state index in [1.165, 1.54) is 0 Å². The van der Waals surface area contributed by atoms with Gasteiger partial charge in [-0.3, -0.25) is 4.79 Å². The predicted molar refractivity (Wildman–Crippen MR) is 89.0 cm³/mol. The number of carbonyl (C=O) groups excluding carboxylic acids is 1. The molecule has 0 radical (unpaired) electrons. The molecule has 0 aliphatic heterocycles. The maximum atomic E-state index is 12.6. The second-order valence-electron chi connectivity index (χ2n) is 6.06. The number of Topliss-reactive ketones (excluding diaryl/α,β-unsaturated/α-hetero) is 1. The van der Waals surface area contributed by atoms with E-state index in [-0.39, 0.29) is 11.7 Å². The van der Waals surface area contributed by atoms with Crippen LogP contribution in [0.1, 0.15) is 39.8 Å². The van der Waals surface area contributed by atoms with Crippen LogP contribution in [-0.2, 0) is 6.42 Å². The van der Waals surface area contributed by atoms with Crippen LogP contribution in [0.4, 0.5) is 0 Å². The summed E-state index contributed by atoms with van der Waals surface area (Å²) in [6, 6.07) is 11.5. The van der Waals surface area contributed by atoms with Crippen LogP contribution in [0.2, 0.25) is 0 Å². The summed E-state index contributed by atoms with van der Waals surface area (Å²) in [4.78, 5) is 12.6. The molecule has 0 spiro atoms. The number of ether oxygens (including phenoxy) is 1. The maximum absolute atomic E-state index is 12.6. The van der Waals surface area contributed by atoms with Gasteiger partial charge in [0.1, 0.15) is 11.5 Å². The monoisotopic (exact) mass is 322 g/mol. The van der Waals surface area contributed by atoms with Crippen molar-refractivity contribution in [1.29, 1.82) is 0 Å². The topological polar surface area (TPSA) is 57.3 Å². The zero-order valence-electron chi connectivity index (χ0n) is 13.7. The Balaban J connectivity index is 1.78. The smallest absolute Gasteiger partial charge is 0.167 e. The molecule has 24 heavy (non-hydrogen) atoms. The van der Waals surface area contributed by atoms with Crippen molar-refractivity contribution < 1.29 is 13.9 Å². The Morgan fingerprint density at radius 1 is 1.21 bits per heavy atom. The molecule has 1 atom stereocenters. The van der Waals surface area contributed by atoms with Crippen LogP contribution in [0.25, 0.3) is 5.69 Å². The van der Waals surface area contributed by atoms with Crippen LogP contribution in [-0.4, -0.2) is 22.7 Å². The van der Waals surface area contributed by atoms with Crippen LogP contribution >= 0.6 is 0 Å². The average Bonchev–Trinajstić information content (AvgIpc) is 3.23. The van der Waals surface area contributed by atoms with E-state index < -0.39 is 0 Å². The van der Waals surface area contributed by atoms with Gasteiger partial charge in [0.25, 0.3) is 0 Å². The molecule has 122 valence electrons. The lowest BCUT2D eigenvalue weighted by Crippen LogP contribution is -2.20. The number of carbonyl (C=O) groups is 1. The Morgan fingerprint density at radius 2 is 2.00 bits per heavy atom. The number of furan rings is 1. The van der Waals surface area contributed by atoms with Crippen LogP contribution < -0.4 is 4.74 Å². The largest absolute Gasteiger partial charge is 0.497 e. The molecule has 3 aromatic rings. The van der Waals surface area contributed by atoms with Gasteiger partial charge in [0.15, 0.2) is 5.78 Å². The number of hydrogen-bond acceptors (Lipinski definition) is 4. The lowest BCUT2D eigenvalue weighted by Gasteiger charge is -2.21. The highest BCUT2D eigenvalue weighted by atomic mass is 16.5. The number of nitrogens with zero attached hydrogens (tertiary/aromatic N) is 2. The number of methoxy groups -OCH3 is 1. The molecule has 0 unspecified atom stereocenters. The Bertz CT molecular complexity index is 876. The van der Waals surface area contributed by atoms with Crippen LogP contribution in [0.15, 0.2) is 47.1 Å². The normalized spacial score (nSPS) is 16.9. The van der Waals surface area contributed by atoms with E-state index in [1.807, 2.05) is 48.0 Å². The number of aromatic nitrogens is 2. The second kappa shape index (κ2) is 5.67. The third-order valence-electron chi connectivity index (χ3n) is 4.57. The van der Waals surface area contributed by atoms with Gasteiger partial charge in [-0.25, -0.2) is 4.68 Å². The van der Waals surface area contributed by atoms with E-state index in [9.17, 15) is 4.79 Å². The summed E-state index contributed by atoms with van der Waals surface area (Å²) in [7, 11) is 1.64. The van der Waals surface area contributed by atoms with Gasteiger partial charge in [-0.2, -0.15) is 5.10 Å². The van der Waals surface area contributed by atoms with E-state index in [0.29, 0.717) is 6.42 Å². The first kappa shape index (κ1) is 14.8. The maximum Gasteiger partial charge on any atom is 0.167 e. The van der Waals surface area contributed by atoms with Crippen molar-refractivity contribution in [3.63, 3.8) is 0 Å². The molecular formula is C19H18N2O3. The minimum absolute atomic E-state index is 0.0631. The van der Waals surface area contributed by atoms with Crippen molar-refractivity contribution in [1.82, 2.24) is 9.78 Å². The lowest BCUT2D eigenvalue weighted by molar-refractivity contribution is 0.0959. The van der Waals surface area contributed by atoms with Crippen molar-refractivity contribution in [3.05, 3.63) is 65.4 Å². The molecule has 5 nitrogen and oxygen atoms in total. The quantitative estimate of drug-likeness (QED) is 0.738. The van der Waals surface area contributed by atoms with Gasteiger partial charge in [-0.15, -0.1) is 0 Å². The van der Waals surface area contributed by atoms with Gasteiger partial charge >= 0.3 is 0 Å². The standard InChI is InChI=1S/C19H18N2O3/c1-12-19-16(10-13(11-17(19)22)18-4-3-9-24-18)21(20-12)14-5-7-15(23-2)8-6-14/h3-9,13H,10-11H2,1-2H3/t13-/m1/s1. The molecule has 2 heterocycles. The van der Waals surface area contributed by atoms with E-state index in [4.69, 9.17) is 9.15 Å². The molecule has 5 heteroatoms. The van der Waals surface area contributed by atoms with Crippen LogP contribution in [0.3, 0.4) is 0 Å². The third kappa shape index (κ3) is 2.33.